The van der Waals surface area contributed by atoms with Gasteiger partial charge in [0.15, 0.2) is 0 Å². The van der Waals surface area contributed by atoms with Gasteiger partial charge in [-0.2, -0.15) is 0 Å². The summed E-state index contributed by atoms with van der Waals surface area (Å²) in [6, 6.07) is 6.74. The first-order chi connectivity index (χ1) is 8.01. The van der Waals surface area contributed by atoms with Crippen molar-refractivity contribution in [2.75, 3.05) is 13.6 Å². The van der Waals surface area contributed by atoms with Crippen LogP contribution in [0.15, 0.2) is 24.3 Å². The zero-order valence-electron chi connectivity index (χ0n) is 10.8. The lowest BCUT2D eigenvalue weighted by Gasteiger charge is -2.17. The summed E-state index contributed by atoms with van der Waals surface area (Å²) < 4.78 is 27.4. The third kappa shape index (κ3) is 3.77. The molecule has 0 saturated carbocycles. The first-order valence-electron chi connectivity index (χ1n) is 6.14. The molecule has 0 heterocycles. The van der Waals surface area contributed by atoms with Gasteiger partial charge in [0, 0.05) is 18.5 Å². The minimum Gasteiger partial charge on any atom is -0.320 e. The summed E-state index contributed by atoms with van der Waals surface area (Å²) in [4.78, 5) is 0. The van der Waals surface area contributed by atoms with E-state index in [4.69, 9.17) is 0 Å². The highest BCUT2D eigenvalue weighted by Crippen LogP contribution is 2.32. The third-order valence-corrected chi connectivity index (χ3v) is 3.20. The molecule has 1 nitrogen and oxygen atoms in total. The van der Waals surface area contributed by atoms with Gasteiger partial charge in [-0.1, -0.05) is 38.1 Å². The molecular weight excluding hydrogens is 220 g/mol. The van der Waals surface area contributed by atoms with E-state index in [1.165, 1.54) is 0 Å². The van der Waals surface area contributed by atoms with Crippen LogP contribution in [0, 0.1) is 0 Å². The van der Waals surface area contributed by atoms with Gasteiger partial charge in [0.1, 0.15) is 0 Å². The molecule has 17 heavy (non-hydrogen) atoms. The molecule has 1 aromatic rings. The summed E-state index contributed by atoms with van der Waals surface area (Å²) in [5.74, 6) is -2.31. The summed E-state index contributed by atoms with van der Waals surface area (Å²) in [6.45, 7) is 4.52. The number of halogens is 2. The molecule has 1 atom stereocenters. The number of rotatable bonds is 6. The second-order valence-electron chi connectivity index (χ2n) is 4.49. The lowest BCUT2D eigenvalue weighted by molar-refractivity contribution is -0.0123. The Morgan fingerprint density at radius 2 is 1.82 bits per heavy atom. The van der Waals surface area contributed by atoms with Gasteiger partial charge in [0.2, 0.25) is 0 Å². The fourth-order valence-electron chi connectivity index (χ4n) is 1.72. The van der Waals surface area contributed by atoms with E-state index < -0.39 is 5.92 Å². The SMILES string of the molecule is CCC(C)c1ccc(C(F)(F)CCNC)cc1. The molecule has 0 aliphatic rings. The lowest BCUT2D eigenvalue weighted by atomic mass is 9.96. The first-order valence-corrected chi connectivity index (χ1v) is 6.14. The maximum Gasteiger partial charge on any atom is 0.274 e. The number of hydrogen-bond donors (Lipinski definition) is 1. The largest absolute Gasteiger partial charge is 0.320 e. The van der Waals surface area contributed by atoms with Gasteiger partial charge >= 0.3 is 0 Å². The molecule has 1 N–H and O–H groups in total. The normalized spacial score (nSPS) is 13.7. The van der Waals surface area contributed by atoms with Gasteiger partial charge in [-0.05, 0) is 24.9 Å². The van der Waals surface area contributed by atoms with E-state index in [1.807, 2.05) is 12.1 Å². The van der Waals surface area contributed by atoms with Crippen LogP contribution in [-0.2, 0) is 5.92 Å². The van der Waals surface area contributed by atoms with Crippen LogP contribution in [-0.4, -0.2) is 13.6 Å². The second kappa shape index (κ2) is 6.10. The molecule has 0 saturated heterocycles. The van der Waals surface area contributed by atoms with Crippen LogP contribution in [0.25, 0.3) is 0 Å². The molecule has 0 aliphatic carbocycles. The van der Waals surface area contributed by atoms with Crippen molar-refractivity contribution in [2.45, 2.75) is 38.5 Å². The lowest BCUT2D eigenvalue weighted by Crippen LogP contribution is -2.20. The van der Waals surface area contributed by atoms with Crippen LogP contribution in [0.4, 0.5) is 8.78 Å². The van der Waals surface area contributed by atoms with E-state index >= 15 is 0 Å². The highest BCUT2D eigenvalue weighted by Gasteiger charge is 2.30. The monoisotopic (exact) mass is 241 g/mol. The van der Waals surface area contributed by atoms with Gasteiger partial charge < -0.3 is 5.32 Å². The highest BCUT2D eigenvalue weighted by molar-refractivity contribution is 5.27. The minimum atomic E-state index is -2.74. The molecule has 0 radical (unpaired) electrons. The Kier molecular flexibility index (Phi) is 5.06. The number of hydrogen-bond acceptors (Lipinski definition) is 1. The molecule has 0 spiro atoms. The van der Waals surface area contributed by atoms with Crippen molar-refractivity contribution in [3.8, 4) is 0 Å². The average Bonchev–Trinajstić information content (AvgIpc) is 2.35. The van der Waals surface area contributed by atoms with E-state index in [-0.39, 0.29) is 12.0 Å². The zero-order chi connectivity index (χ0) is 12.9. The molecule has 96 valence electrons. The minimum absolute atomic E-state index is 0.111. The summed E-state index contributed by atoms with van der Waals surface area (Å²) in [5.41, 5.74) is 1.24. The average molecular weight is 241 g/mol. The van der Waals surface area contributed by atoms with Crippen LogP contribution >= 0.6 is 0 Å². The number of alkyl halides is 2. The Morgan fingerprint density at radius 1 is 1.24 bits per heavy atom. The van der Waals surface area contributed by atoms with Gasteiger partial charge in [0.05, 0.1) is 0 Å². The van der Waals surface area contributed by atoms with Crippen molar-refractivity contribution in [3.63, 3.8) is 0 Å². The van der Waals surface area contributed by atoms with E-state index in [1.54, 1.807) is 19.2 Å². The molecule has 0 amide bonds. The predicted octanol–water partition coefficient (Wildman–Crippen LogP) is 3.90. The second-order valence-corrected chi connectivity index (χ2v) is 4.49. The van der Waals surface area contributed by atoms with Crippen LogP contribution in [0.3, 0.4) is 0 Å². The van der Waals surface area contributed by atoms with Crippen molar-refractivity contribution < 1.29 is 8.78 Å². The Labute approximate surface area is 102 Å². The molecule has 0 fully saturated rings. The number of benzene rings is 1. The number of nitrogens with one attached hydrogen (secondary N) is 1. The summed E-state index contributed by atoms with van der Waals surface area (Å²) in [6.07, 6.45) is 0.863. The fraction of sp³-hybridized carbons (Fsp3) is 0.571. The van der Waals surface area contributed by atoms with Crippen molar-refractivity contribution >= 4 is 0 Å². The van der Waals surface area contributed by atoms with Crippen molar-refractivity contribution in [2.24, 2.45) is 0 Å². The summed E-state index contributed by atoms with van der Waals surface area (Å²) >= 11 is 0. The van der Waals surface area contributed by atoms with Crippen molar-refractivity contribution in [3.05, 3.63) is 35.4 Å². The van der Waals surface area contributed by atoms with Crippen molar-refractivity contribution in [1.82, 2.24) is 5.32 Å². The Hall–Kier alpha value is -0.960. The van der Waals surface area contributed by atoms with E-state index in [2.05, 4.69) is 19.2 Å². The molecule has 1 unspecified atom stereocenters. The van der Waals surface area contributed by atoms with Gasteiger partial charge in [-0.25, -0.2) is 8.78 Å². The van der Waals surface area contributed by atoms with Crippen LogP contribution in [0.2, 0.25) is 0 Å². The van der Waals surface area contributed by atoms with Crippen LogP contribution in [0.5, 0.6) is 0 Å². The van der Waals surface area contributed by atoms with Crippen LogP contribution < -0.4 is 5.32 Å². The zero-order valence-corrected chi connectivity index (χ0v) is 10.8. The Morgan fingerprint density at radius 3 is 2.29 bits per heavy atom. The fourth-order valence-corrected chi connectivity index (χ4v) is 1.72. The molecule has 1 aromatic carbocycles. The Bertz CT molecular complexity index is 333. The molecule has 1 rings (SSSR count). The smallest absolute Gasteiger partial charge is 0.274 e. The molecule has 0 aromatic heterocycles. The first kappa shape index (κ1) is 14.1. The van der Waals surface area contributed by atoms with E-state index in [0.717, 1.165) is 12.0 Å². The van der Waals surface area contributed by atoms with Gasteiger partial charge in [0.25, 0.3) is 5.92 Å². The van der Waals surface area contributed by atoms with Gasteiger partial charge in [-0.3, -0.25) is 0 Å². The van der Waals surface area contributed by atoms with E-state index in [0.29, 0.717) is 12.5 Å². The van der Waals surface area contributed by atoms with Crippen LogP contribution in [0.1, 0.15) is 43.7 Å². The quantitative estimate of drug-likeness (QED) is 0.796. The highest BCUT2D eigenvalue weighted by atomic mass is 19.3. The van der Waals surface area contributed by atoms with Crippen molar-refractivity contribution in [1.29, 1.82) is 0 Å². The standard InChI is InChI=1S/C14H21F2N/c1-4-11(2)12-5-7-13(8-6-12)14(15,16)9-10-17-3/h5-8,11,17H,4,9-10H2,1-3H3. The van der Waals surface area contributed by atoms with E-state index in [9.17, 15) is 8.78 Å². The maximum absolute atomic E-state index is 13.7. The maximum atomic E-state index is 13.7. The molecule has 3 heteroatoms. The topological polar surface area (TPSA) is 12.0 Å². The van der Waals surface area contributed by atoms with Gasteiger partial charge in [-0.15, -0.1) is 0 Å². The molecular formula is C14H21F2N. The summed E-state index contributed by atoms with van der Waals surface area (Å²) in [5, 5.41) is 2.75. The summed E-state index contributed by atoms with van der Waals surface area (Å²) in [7, 11) is 1.68. The third-order valence-electron chi connectivity index (χ3n) is 3.20. The molecule has 0 bridgehead atoms. The molecule has 0 aliphatic heterocycles. The predicted molar refractivity (Wildman–Crippen MR) is 67.6 cm³/mol. The Balaban J connectivity index is 2.79.